The second-order valence-corrected chi connectivity index (χ2v) is 19.1. The van der Waals surface area contributed by atoms with Gasteiger partial charge >= 0.3 is 12.2 Å². The van der Waals surface area contributed by atoms with Gasteiger partial charge in [-0.25, -0.2) is 9.59 Å². The molecule has 12 heteroatoms. The maximum atomic E-state index is 13.5. The van der Waals surface area contributed by atoms with Crippen LogP contribution in [0.25, 0.3) is 0 Å². The number of hydrogen-bond donors (Lipinski definition) is 0. The molecular formula is C50H52N8O4. The highest BCUT2D eigenvalue weighted by molar-refractivity contribution is 5.71. The average Bonchev–Trinajstić information content (AvgIpc) is 4.17. The number of azo groups is 3. The second kappa shape index (κ2) is 13.9. The zero-order valence-corrected chi connectivity index (χ0v) is 35.5. The minimum Gasteiger partial charge on any atom is -0.453 e. The number of likely N-dealkylation sites (tertiary alicyclic amines) is 2. The largest absolute Gasteiger partial charge is 0.453 e. The van der Waals surface area contributed by atoms with Gasteiger partial charge in [0.05, 0.1) is 37.7 Å². The first kappa shape index (κ1) is 37.9. The summed E-state index contributed by atoms with van der Waals surface area (Å²) in [7, 11) is 2.88. The van der Waals surface area contributed by atoms with Gasteiger partial charge in [-0.2, -0.15) is 30.7 Å². The lowest BCUT2D eigenvalue weighted by atomic mass is 9.86. The Morgan fingerprint density at radius 1 is 0.516 bits per heavy atom. The number of nitrogens with zero attached hydrogens (tertiary/aromatic N) is 8. The van der Waals surface area contributed by atoms with Gasteiger partial charge < -0.3 is 19.3 Å². The van der Waals surface area contributed by atoms with Crippen LogP contribution in [0, 0.1) is 11.8 Å². The number of benzene rings is 4. The van der Waals surface area contributed by atoms with Crippen LogP contribution in [0.15, 0.2) is 116 Å². The summed E-state index contributed by atoms with van der Waals surface area (Å²) in [6.45, 7) is 1.07. The first-order chi connectivity index (χ1) is 30.3. The minimum absolute atomic E-state index is 0.184. The van der Waals surface area contributed by atoms with Crippen molar-refractivity contribution in [3.63, 3.8) is 0 Å². The summed E-state index contributed by atoms with van der Waals surface area (Å²) in [5.41, 5.74) is 9.24. The molecule has 4 aromatic carbocycles. The zero-order valence-electron chi connectivity index (χ0n) is 35.5. The van der Waals surface area contributed by atoms with E-state index in [1.807, 2.05) is 34.1 Å². The van der Waals surface area contributed by atoms with Gasteiger partial charge in [0.2, 0.25) is 0 Å². The number of hydrogen-bond acceptors (Lipinski definition) is 10. The normalized spacial score (nSPS) is 33.2. The van der Waals surface area contributed by atoms with E-state index in [9.17, 15) is 9.59 Å². The fourth-order valence-electron chi connectivity index (χ4n) is 13.9. The van der Waals surface area contributed by atoms with Gasteiger partial charge in [-0.1, -0.05) is 85.6 Å². The van der Waals surface area contributed by atoms with Gasteiger partial charge in [0.1, 0.15) is 22.2 Å². The fraction of sp³-hybridized carbons (Fsp3) is 0.480. The zero-order chi connectivity index (χ0) is 41.8. The predicted molar refractivity (Wildman–Crippen MR) is 231 cm³/mol. The molecule has 4 fully saturated rings. The number of methoxy groups -OCH3 is 2. The van der Waals surface area contributed by atoms with E-state index in [-0.39, 0.29) is 29.8 Å². The van der Waals surface area contributed by atoms with Crippen molar-refractivity contribution in [2.24, 2.45) is 42.5 Å². The van der Waals surface area contributed by atoms with E-state index in [4.69, 9.17) is 40.2 Å². The van der Waals surface area contributed by atoms with E-state index in [2.05, 4.69) is 60.7 Å². The third-order valence-electron chi connectivity index (χ3n) is 16.7. The molecule has 8 atom stereocenters. The molecule has 0 N–H and O–H groups in total. The Bertz CT molecular complexity index is 2630. The Balaban J connectivity index is 0.915. The summed E-state index contributed by atoms with van der Waals surface area (Å²) >= 11 is 0. The van der Waals surface area contributed by atoms with Crippen LogP contribution in [0.2, 0.25) is 0 Å². The summed E-state index contributed by atoms with van der Waals surface area (Å²) in [6, 6.07) is 29.5. The van der Waals surface area contributed by atoms with Crippen LogP contribution in [-0.4, -0.2) is 61.4 Å². The van der Waals surface area contributed by atoms with Crippen molar-refractivity contribution in [1.82, 2.24) is 9.80 Å². The summed E-state index contributed by atoms with van der Waals surface area (Å²) in [5, 5.41) is 31.9. The third-order valence-corrected chi connectivity index (χ3v) is 16.7. The summed E-state index contributed by atoms with van der Waals surface area (Å²) in [4.78, 5) is 30.1. The number of rotatable bonds is 6. The molecule has 0 bridgehead atoms. The van der Waals surface area contributed by atoms with Crippen LogP contribution >= 0.6 is 0 Å². The Labute approximate surface area is 361 Å². The molecule has 12 nitrogen and oxygen atoms in total. The molecule has 0 radical (unpaired) electrons. The van der Waals surface area contributed by atoms with Crippen molar-refractivity contribution in [1.29, 1.82) is 0 Å². The van der Waals surface area contributed by atoms with Crippen molar-refractivity contribution in [2.75, 3.05) is 27.3 Å². The lowest BCUT2D eigenvalue weighted by molar-refractivity contribution is 0.112. The Hall–Kier alpha value is -5.78. The van der Waals surface area contributed by atoms with E-state index >= 15 is 0 Å². The summed E-state index contributed by atoms with van der Waals surface area (Å²) < 4.78 is 10.6. The molecule has 2 aliphatic heterocycles. The predicted octanol–water partition coefficient (Wildman–Crippen LogP) is 10.7. The van der Waals surface area contributed by atoms with Gasteiger partial charge in [0.25, 0.3) is 0 Å². The first-order valence-corrected chi connectivity index (χ1v) is 22.7. The van der Waals surface area contributed by atoms with Crippen molar-refractivity contribution < 1.29 is 19.1 Å². The molecule has 12 rings (SSSR count). The molecule has 8 aliphatic rings. The first-order valence-electron chi connectivity index (χ1n) is 22.7. The monoisotopic (exact) mass is 828 g/mol. The molecule has 0 spiro atoms. The highest BCUT2D eigenvalue weighted by atomic mass is 16.5. The van der Waals surface area contributed by atoms with Crippen molar-refractivity contribution in [3.05, 3.63) is 129 Å². The number of carbonyl (C=O) groups is 2. The Kier molecular flexibility index (Phi) is 8.48. The lowest BCUT2D eigenvalue weighted by Crippen LogP contribution is -2.42. The van der Waals surface area contributed by atoms with Crippen LogP contribution in [0.5, 0.6) is 0 Å². The van der Waals surface area contributed by atoms with E-state index < -0.39 is 16.6 Å². The quantitative estimate of drug-likeness (QED) is 0.179. The molecule has 4 aromatic rings. The van der Waals surface area contributed by atoms with Crippen molar-refractivity contribution in [3.8, 4) is 0 Å². The van der Waals surface area contributed by atoms with Crippen LogP contribution in [-0.2, 0) is 57.3 Å². The smallest absolute Gasteiger partial charge is 0.409 e. The Morgan fingerprint density at radius 3 is 1.63 bits per heavy atom. The molecule has 2 saturated heterocycles. The SMILES string of the molecule is COC(=O)N1CC[C@]2(/N=N/c3cccc4c3CC3N(C(=O)OC)CC[C@@]43/N=N/[C@]34CCCC3Cc3c(/N=N/[C@]56CCCC5Cc5ccccc56)cccc34)c3ccccc3CC12. The number of carbonyl (C=O) groups excluding carboxylic acids is 2. The second-order valence-electron chi connectivity index (χ2n) is 19.1. The molecule has 2 saturated carbocycles. The van der Waals surface area contributed by atoms with Gasteiger partial charge in [0, 0.05) is 13.1 Å². The fourth-order valence-corrected chi connectivity index (χ4v) is 13.9. The van der Waals surface area contributed by atoms with E-state index in [1.165, 1.54) is 54.9 Å². The molecule has 4 unspecified atom stereocenters. The molecule has 2 heterocycles. The number of fused-ring (bicyclic) bond motifs is 12. The molecular weight excluding hydrogens is 777 g/mol. The maximum Gasteiger partial charge on any atom is 0.409 e. The van der Waals surface area contributed by atoms with Gasteiger partial charge in [0.15, 0.2) is 0 Å². The Morgan fingerprint density at radius 2 is 0.984 bits per heavy atom. The van der Waals surface area contributed by atoms with E-state index in [0.717, 1.165) is 66.6 Å². The molecule has 316 valence electrons. The molecule has 6 aliphatic carbocycles. The van der Waals surface area contributed by atoms with Crippen LogP contribution in [0.1, 0.15) is 95.9 Å². The molecule has 0 aromatic heterocycles. The van der Waals surface area contributed by atoms with Crippen molar-refractivity contribution in [2.45, 2.75) is 111 Å². The number of amides is 2. The average molecular weight is 829 g/mol. The summed E-state index contributed by atoms with van der Waals surface area (Å²) in [5.74, 6) is 0.823. The highest BCUT2D eigenvalue weighted by Crippen LogP contribution is 2.60. The highest BCUT2D eigenvalue weighted by Gasteiger charge is 2.60. The van der Waals surface area contributed by atoms with Gasteiger partial charge in [-0.3, -0.25) is 0 Å². The van der Waals surface area contributed by atoms with E-state index in [1.54, 1.807) is 0 Å². The number of ether oxygens (including phenoxy) is 2. The van der Waals surface area contributed by atoms with Crippen LogP contribution < -0.4 is 0 Å². The van der Waals surface area contributed by atoms with E-state index in [0.29, 0.717) is 50.6 Å². The van der Waals surface area contributed by atoms with Crippen molar-refractivity contribution >= 4 is 23.6 Å². The lowest BCUT2D eigenvalue weighted by Gasteiger charge is -2.31. The molecule has 2 amide bonds. The van der Waals surface area contributed by atoms with Crippen LogP contribution in [0.3, 0.4) is 0 Å². The van der Waals surface area contributed by atoms with Gasteiger partial charge in [-0.05, 0) is 133 Å². The standard InChI is InChI=1S/C50H52N8O4/c1-61-45(59)57-25-23-49(38-16-6-4-12-32(38)28-43(49)57)54-52-42-20-8-18-40-36(42)30-44-50(40,24-26-58(44)46(60)62-2)56-55-48-22-10-14-34(48)29-35-39(48)17-7-19-41(35)51-53-47-21-9-13-33(47)27-31-11-3-5-15-37(31)47/h3-8,11-12,15-20,33-34,43-44H,9-10,13-14,21-30H2,1-2H3/b53-51+,54-52+,56-55+/t33?,34?,43?,44?,47-,48-,49+,50-/m1/s1. The molecule has 62 heavy (non-hydrogen) atoms. The van der Waals surface area contributed by atoms with Crippen LogP contribution in [0.4, 0.5) is 21.0 Å². The topological polar surface area (TPSA) is 133 Å². The summed E-state index contributed by atoms with van der Waals surface area (Å²) in [6.07, 6.45) is 10.4. The van der Waals surface area contributed by atoms with Gasteiger partial charge in [-0.15, -0.1) is 0 Å². The maximum absolute atomic E-state index is 13.5. The third kappa shape index (κ3) is 5.12. The minimum atomic E-state index is -0.765.